The molecule has 8 heteroatoms. The molecule has 22 heavy (non-hydrogen) atoms. The summed E-state index contributed by atoms with van der Waals surface area (Å²) in [5, 5.41) is 40.5. The third-order valence-corrected chi connectivity index (χ3v) is 3.40. The summed E-state index contributed by atoms with van der Waals surface area (Å²) < 4.78 is 9.88. The molecule has 1 aromatic carbocycles. The molecule has 1 aromatic rings. The first-order chi connectivity index (χ1) is 10.5. The van der Waals surface area contributed by atoms with Gasteiger partial charge in [-0.15, -0.1) is 0 Å². The second kappa shape index (κ2) is 7.52. The lowest BCUT2D eigenvalue weighted by atomic mass is 9.97. The van der Waals surface area contributed by atoms with Gasteiger partial charge in [0.05, 0.1) is 6.61 Å². The Kier molecular flexibility index (Phi) is 5.69. The first-order valence-electron chi connectivity index (χ1n) is 6.80. The Morgan fingerprint density at radius 2 is 1.86 bits per heavy atom. The van der Waals surface area contributed by atoms with Gasteiger partial charge in [0.25, 0.3) is 0 Å². The molecule has 1 saturated heterocycles. The molecule has 1 heterocycles. The molecule has 5 N–H and O–H groups in total. The van der Waals surface area contributed by atoms with E-state index in [1.807, 2.05) is 6.07 Å². The van der Waals surface area contributed by atoms with Gasteiger partial charge in [0.2, 0.25) is 0 Å². The molecule has 5 atom stereocenters. The minimum Gasteiger partial charge on any atom is -0.445 e. The van der Waals surface area contributed by atoms with Crippen molar-refractivity contribution in [3.05, 3.63) is 35.9 Å². The van der Waals surface area contributed by atoms with E-state index in [1.165, 1.54) is 0 Å². The Bertz CT molecular complexity index is 483. The van der Waals surface area contributed by atoms with Crippen LogP contribution in [0, 0.1) is 0 Å². The lowest BCUT2D eigenvalue weighted by Crippen LogP contribution is -2.64. The number of carbonyl (C=O) groups is 1. The maximum Gasteiger partial charge on any atom is 0.407 e. The highest BCUT2D eigenvalue weighted by Crippen LogP contribution is 2.19. The van der Waals surface area contributed by atoms with Gasteiger partial charge >= 0.3 is 6.09 Å². The normalized spacial score (nSPS) is 31.5. The van der Waals surface area contributed by atoms with Crippen molar-refractivity contribution in [3.63, 3.8) is 0 Å². The van der Waals surface area contributed by atoms with Gasteiger partial charge < -0.3 is 35.2 Å². The van der Waals surface area contributed by atoms with E-state index in [2.05, 4.69) is 5.32 Å². The van der Waals surface area contributed by atoms with E-state index in [9.17, 15) is 20.1 Å². The zero-order valence-corrected chi connectivity index (χ0v) is 11.7. The summed E-state index contributed by atoms with van der Waals surface area (Å²) in [7, 11) is 0. The maximum absolute atomic E-state index is 11.7. The highest BCUT2D eigenvalue weighted by atomic mass is 16.6. The van der Waals surface area contributed by atoms with Gasteiger partial charge in [0.1, 0.15) is 31.0 Å². The summed E-state index contributed by atoms with van der Waals surface area (Å²) in [6, 6.07) is 7.71. The van der Waals surface area contributed by atoms with Crippen molar-refractivity contribution in [2.24, 2.45) is 0 Å². The Hall–Kier alpha value is -1.71. The van der Waals surface area contributed by atoms with Crippen molar-refractivity contribution in [1.29, 1.82) is 0 Å². The second-order valence-electron chi connectivity index (χ2n) is 4.96. The van der Waals surface area contributed by atoms with Gasteiger partial charge in [-0.1, -0.05) is 30.3 Å². The van der Waals surface area contributed by atoms with Crippen LogP contribution < -0.4 is 5.32 Å². The summed E-state index contributed by atoms with van der Waals surface area (Å²) in [6.07, 6.45) is -6.49. The van der Waals surface area contributed by atoms with Crippen LogP contribution in [0.5, 0.6) is 0 Å². The van der Waals surface area contributed by atoms with Crippen LogP contribution in [0.25, 0.3) is 0 Å². The van der Waals surface area contributed by atoms with Gasteiger partial charge in [-0.2, -0.15) is 0 Å². The largest absolute Gasteiger partial charge is 0.445 e. The van der Waals surface area contributed by atoms with E-state index in [0.717, 1.165) is 5.56 Å². The van der Waals surface area contributed by atoms with E-state index in [0.29, 0.717) is 0 Å². The third-order valence-electron chi connectivity index (χ3n) is 3.40. The highest BCUT2D eigenvalue weighted by Gasteiger charge is 2.44. The maximum atomic E-state index is 11.7. The number of amides is 1. The number of benzene rings is 1. The average molecular weight is 313 g/mol. The number of alkyl carbamates (subject to hydrolysis) is 1. The van der Waals surface area contributed by atoms with Gasteiger partial charge in [-0.05, 0) is 5.56 Å². The molecule has 0 aromatic heterocycles. The number of hydrogen-bond donors (Lipinski definition) is 5. The molecule has 1 fully saturated rings. The average Bonchev–Trinajstić information content (AvgIpc) is 2.54. The molecule has 1 amide bonds. The molecule has 1 aliphatic heterocycles. The Morgan fingerprint density at radius 1 is 1.18 bits per heavy atom. The summed E-state index contributed by atoms with van der Waals surface area (Å²) in [5.74, 6) is 0. The summed E-state index contributed by atoms with van der Waals surface area (Å²) in [4.78, 5) is 11.7. The van der Waals surface area contributed by atoms with Crippen molar-refractivity contribution in [2.75, 3.05) is 6.61 Å². The fourth-order valence-corrected chi connectivity index (χ4v) is 2.15. The fourth-order valence-electron chi connectivity index (χ4n) is 2.15. The molecule has 2 rings (SSSR count). The number of aliphatic hydroxyl groups is 4. The van der Waals surface area contributed by atoms with Crippen LogP contribution in [0.1, 0.15) is 5.56 Å². The number of rotatable bonds is 4. The molecule has 0 spiro atoms. The Morgan fingerprint density at radius 3 is 2.50 bits per heavy atom. The first-order valence-corrected chi connectivity index (χ1v) is 6.80. The molecular formula is C14H19NO7. The van der Waals surface area contributed by atoms with Gasteiger partial charge in [-0.25, -0.2) is 4.79 Å². The van der Waals surface area contributed by atoms with E-state index >= 15 is 0 Å². The highest BCUT2D eigenvalue weighted by molar-refractivity contribution is 5.67. The number of aliphatic hydroxyl groups excluding tert-OH is 4. The van der Waals surface area contributed by atoms with Crippen LogP contribution in [0.15, 0.2) is 30.3 Å². The quantitative estimate of drug-likeness (QED) is 0.468. The van der Waals surface area contributed by atoms with Crippen molar-refractivity contribution < 1.29 is 34.7 Å². The monoisotopic (exact) mass is 313 g/mol. The number of hydrogen-bond acceptors (Lipinski definition) is 7. The van der Waals surface area contributed by atoms with Crippen LogP contribution in [-0.2, 0) is 16.1 Å². The minimum atomic E-state index is -1.57. The third kappa shape index (κ3) is 3.93. The van der Waals surface area contributed by atoms with Crippen LogP contribution in [0.3, 0.4) is 0 Å². The molecule has 0 aliphatic carbocycles. The number of nitrogens with one attached hydrogen (secondary N) is 1. The lowest BCUT2D eigenvalue weighted by Gasteiger charge is -2.39. The molecule has 8 nitrogen and oxygen atoms in total. The second-order valence-corrected chi connectivity index (χ2v) is 4.96. The standard InChI is InChI=1S/C14H19NO7/c16-6-9-11(17)12(18)10(13(19)22-9)15-14(20)21-7-8-4-2-1-3-5-8/h1-5,9-13,16-19H,6-7H2,(H,15,20)/t9?,10-,11-,12?,13-/m1/s1. The van der Waals surface area contributed by atoms with E-state index in [1.54, 1.807) is 24.3 Å². The Labute approximate surface area is 126 Å². The van der Waals surface area contributed by atoms with E-state index < -0.39 is 43.3 Å². The van der Waals surface area contributed by atoms with E-state index in [-0.39, 0.29) is 6.61 Å². The SMILES string of the molecule is O=C(N[C@@H]1C(O)[C@H](O)C(CO)O[C@H]1O)OCc1ccccc1. The summed E-state index contributed by atoms with van der Waals surface area (Å²) in [6.45, 7) is -0.547. The minimum absolute atomic E-state index is 0.0221. The predicted molar refractivity (Wildman–Crippen MR) is 73.5 cm³/mol. The van der Waals surface area contributed by atoms with Crippen molar-refractivity contribution >= 4 is 6.09 Å². The van der Waals surface area contributed by atoms with Crippen molar-refractivity contribution in [3.8, 4) is 0 Å². The van der Waals surface area contributed by atoms with Crippen LogP contribution in [0.4, 0.5) is 4.79 Å². The van der Waals surface area contributed by atoms with Gasteiger partial charge in [-0.3, -0.25) is 0 Å². The molecule has 0 saturated carbocycles. The number of carbonyl (C=O) groups excluding carboxylic acids is 1. The van der Waals surface area contributed by atoms with Crippen molar-refractivity contribution in [2.45, 2.75) is 37.3 Å². The predicted octanol–water partition coefficient (Wildman–Crippen LogP) is -1.29. The molecular weight excluding hydrogens is 294 g/mol. The summed E-state index contributed by atoms with van der Waals surface area (Å²) in [5.41, 5.74) is 0.777. The molecule has 2 unspecified atom stereocenters. The van der Waals surface area contributed by atoms with Crippen LogP contribution in [-0.4, -0.2) is 63.8 Å². The molecule has 0 radical (unpaired) electrons. The van der Waals surface area contributed by atoms with E-state index in [4.69, 9.17) is 14.6 Å². The smallest absolute Gasteiger partial charge is 0.407 e. The zero-order chi connectivity index (χ0) is 16.1. The first kappa shape index (κ1) is 16.7. The Balaban J connectivity index is 1.87. The topological polar surface area (TPSA) is 128 Å². The van der Waals surface area contributed by atoms with Gasteiger partial charge in [0.15, 0.2) is 6.29 Å². The van der Waals surface area contributed by atoms with Crippen molar-refractivity contribution in [1.82, 2.24) is 5.32 Å². The fraction of sp³-hybridized carbons (Fsp3) is 0.500. The molecule has 1 aliphatic rings. The zero-order valence-electron chi connectivity index (χ0n) is 11.7. The number of ether oxygens (including phenoxy) is 2. The molecule has 122 valence electrons. The van der Waals surface area contributed by atoms with Crippen LogP contribution >= 0.6 is 0 Å². The van der Waals surface area contributed by atoms with Crippen LogP contribution in [0.2, 0.25) is 0 Å². The lowest BCUT2D eigenvalue weighted by molar-refractivity contribution is -0.253. The molecule has 0 bridgehead atoms. The van der Waals surface area contributed by atoms with Gasteiger partial charge in [0, 0.05) is 0 Å². The summed E-state index contributed by atoms with van der Waals surface area (Å²) >= 11 is 0.